The summed E-state index contributed by atoms with van der Waals surface area (Å²) in [7, 11) is 0. The molecule has 0 N–H and O–H groups in total. The quantitative estimate of drug-likeness (QED) is 0.184. The molecule has 0 aromatic heterocycles. The molecule has 1 aliphatic carbocycles. The van der Waals surface area contributed by atoms with Gasteiger partial charge in [-0.05, 0) is 78.8 Å². The van der Waals surface area contributed by atoms with E-state index in [1.165, 1.54) is 6.07 Å². The molecule has 5 heteroatoms. The summed E-state index contributed by atoms with van der Waals surface area (Å²) in [5, 5.41) is 0. The second-order valence-electron chi connectivity index (χ2n) is 10.0. The van der Waals surface area contributed by atoms with E-state index in [-0.39, 0.29) is 29.2 Å². The van der Waals surface area contributed by atoms with Crippen molar-refractivity contribution in [1.29, 1.82) is 0 Å². The van der Waals surface area contributed by atoms with Crippen molar-refractivity contribution < 1.29 is 22.6 Å². The number of ether oxygens (including phenoxy) is 2. The number of halogens is 3. The molecule has 202 valence electrons. The summed E-state index contributed by atoms with van der Waals surface area (Å²) in [6, 6.07) is 15.8. The van der Waals surface area contributed by atoms with Crippen LogP contribution >= 0.6 is 0 Å². The fourth-order valence-electron chi connectivity index (χ4n) is 4.94. The third-order valence-electron chi connectivity index (χ3n) is 7.20. The minimum atomic E-state index is -0.809. The first-order chi connectivity index (χ1) is 18.5. The Morgan fingerprint density at radius 3 is 2.18 bits per heavy atom. The zero-order valence-corrected chi connectivity index (χ0v) is 22.3. The highest BCUT2D eigenvalue weighted by molar-refractivity contribution is 5.72. The SMILES string of the molecule is CCCCOc1ccc(-c2ccc(/C=C/c3ccc(C4CCC(OCCC)CC4)c(F)c3F)cc2)cc1F. The highest BCUT2D eigenvalue weighted by Crippen LogP contribution is 2.36. The first-order valence-electron chi connectivity index (χ1n) is 13.8. The normalized spacial score (nSPS) is 17.7. The summed E-state index contributed by atoms with van der Waals surface area (Å²) in [6.45, 7) is 5.39. The lowest BCUT2D eigenvalue weighted by Crippen LogP contribution is -2.21. The van der Waals surface area contributed by atoms with Gasteiger partial charge in [-0.15, -0.1) is 0 Å². The number of hydrogen-bond acceptors (Lipinski definition) is 2. The fraction of sp³-hybridized carbons (Fsp3) is 0.394. The van der Waals surface area contributed by atoms with Gasteiger partial charge in [0.2, 0.25) is 0 Å². The molecule has 0 spiro atoms. The third-order valence-corrected chi connectivity index (χ3v) is 7.20. The Kier molecular flexibility index (Phi) is 10.1. The van der Waals surface area contributed by atoms with E-state index < -0.39 is 11.6 Å². The van der Waals surface area contributed by atoms with E-state index in [2.05, 4.69) is 13.8 Å². The van der Waals surface area contributed by atoms with Crippen molar-refractivity contribution in [2.45, 2.75) is 70.8 Å². The average Bonchev–Trinajstić information content (AvgIpc) is 2.94. The van der Waals surface area contributed by atoms with E-state index in [0.29, 0.717) is 12.2 Å². The predicted molar refractivity (Wildman–Crippen MR) is 149 cm³/mol. The van der Waals surface area contributed by atoms with Gasteiger partial charge in [0.1, 0.15) is 0 Å². The summed E-state index contributed by atoms with van der Waals surface area (Å²) in [5.41, 5.74) is 3.12. The van der Waals surface area contributed by atoms with Crippen molar-refractivity contribution in [2.75, 3.05) is 13.2 Å². The second kappa shape index (κ2) is 13.7. The highest BCUT2D eigenvalue weighted by atomic mass is 19.2. The van der Waals surface area contributed by atoms with E-state index in [0.717, 1.165) is 68.2 Å². The van der Waals surface area contributed by atoms with Gasteiger partial charge in [0.15, 0.2) is 23.2 Å². The van der Waals surface area contributed by atoms with Crippen molar-refractivity contribution in [2.24, 2.45) is 0 Å². The molecule has 0 atom stereocenters. The zero-order chi connectivity index (χ0) is 26.9. The van der Waals surface area contributed by atoms with Crippen LogP contribution in [0.3, 0.4) is 0 Å². The van der Waals surface area contributed by atoms with Crippen molar-refractivity contribution in [1.82, 2.24) is 0 Å². The molecular formula is C33H37F3O2. The molecule has 0 heterocycles. The molecule has 38 heavy (non-hydrogen) atoms. The molecule has 1 aliphatic rings. The number of unbranched alkanes of at least 4 members (excludes halogenated alkanes) is 1. The standard InChI is InChI=1S/C33H37F3O2/c1-3-5-21-38-31-19-15-27(22-30(31)34)24-9-6-23(7-10-24)8-11-26-14-18-29(33(36)32(26)35)25-12-16-28(17-13-25)37-20-4-2/h6-11,14-15,18-19,22,25,28H,3-5,12-13,16-17,20-21H2,1-2H3/b11-8+. The second-order valence-corrected chi connectivity index (χ2v) is 10.0. The van der Waals surface area contributed by atoms with Crippen LogP contribution in [0.1, 0.15) is 81.4 Å². The van der Waals surface area contributed by atoms with Crippen molar-refractivity contribution in [3.05, 3.63) is 88.7 Å². The van der Waals surface area contributed by atoms with Crippen molar-refractivity contribution in [3.63, 3.8) is 0 Å². The number of rotatable bonds is 11. The lowest BCUT2D eigenvalue weighted by molar-refractivity contribution is 0.0248. The minimum absolute atomic E-state index is 0.0263. The van der Waals surface area contributed by atoms with Crippen LogP contribution in [0.4, 0.5) is 13.2 Å². The Labute approximate surface area is 224 Å². The van der Waals surface area contributed by atoms with Gasteiger partial charge in [-0.1, -0.05) is 74.9 Å². The van der Waals surface area contributed by atoms with Crippen LogP contribution in [0.2, 0.25) is 0 Å². The molecular weight excluding hydrogens is 485 g/mol. The summed E-state index contributed by atoms with van der Waals surface area (Å²) in [4.78, 5) is 0. The molecule has 0 saturated heterocycles. The van der Waals surface area contributed by atoms with Crippen molar-refractivity contribution in [3.8, 4) is 16.9 Å². The molecule has 0 bridgehead atoms. The lowest BCUT2D eigenvalue weighted by Gasteiger charge is -2.29. The Morgan fingerprint density at radius 2 is 1.50 bits per heavy atom. The van der Waals surface area contributed by atoms with Gasteiger partial charge in [0.05, 0.1) is 12.7 Å². The predicted octanol–water partition coefficient (Wildman–Crippen LogP) is 9.57. The van der Waals surface area contributed by atoms with Crippen LogP contribution in [0.15, 0.2) is 54.6 Å². The third kappa shape index (κ3) is 7.08. The summed E-state index contributed by atoms with van der Waals surface area (Å²) in [6.07, 6.45) is 9.82. The highest BCUT2D eigenvalue weighted by Gasteiger charge is 2.26. The van der Waals surface area contributed by atoms with E-state index in [9.17, 15) is 13.2 Å². The molecule has 3 aromatic carbocycles. The fourth-order valence-corrected chi connectivity index (χ4v) is 4.94. The van der Waals surface area contributed by atoms with Gasteiger partial charge in [-0.25, -0.2) is 13.2 Å². The van der Waals surface area contributed by atoms with Gasteiger partial charge in [0.25, 0.3) is 0 Å². The van der Waals surface area contributed by atoms with E-state index in [1.807, 2.05) is 30.3 Å². The molecule has 0 radical (unpaired) electrons. The van der Waals surface area contributed by atoms with Gasteiger partial charge in [-0.3, -0.25) is 0 Å². The first kappa shape index (κ1) is 28.0. The summed E-state index contributed by atoms with van der Waals surface area (Å²) >= 11 is 0. The molecule has 2 nitrogen and oxygen atoms in total. The Balaban J connectivity index is 1.39. The number of benzene rings is 3. The van der Waals surface area contributed by atoms with Crippen LogP contribution < -0.4 is 4.74 Å². The molecule has 1 saturated carbocycles. The topological polar surface area (TPSA) is 18.5 Å². The summed E-state index contributed by atoms with van der Waals surface area (Å²) < 4.78 is 55.6. The zero-order valence-electron chi connectivity index (χ0n) is 22.3. The largest absolute Gasteiger partial charge is 0.491 e. The minimum Gasteiger partial charge on any atom is -0.491 e. The van der Waals surface area contributed by atoms with E-state index in [4.69, 9.17) is 9.47 Å². The average molecular weight is 523 g/mol. The van der Waals surface area contributed by atoms with Crippen LogP contribution in [0, 0.1) is 17.5 Å². The maximum absolute atomic E-state index is 15.0. The monoisotopic (exact) mass is 522 g/mol. The Morgan fingerprint density at radius 1 is 0.763 bits per heavy atom. The maximum atomic E-state index is 15.0. The first-order valence-corrected chi connectivity index (χ1v) is 13.8. The molecule has 4 rings (SSSR count). The Bertz CT molecular complexity index is 1210. The number of hydrogen-bond donors (Lipinski definition) is 0. The lowest BCUT2D eigenvalue weighted by atomic mass is 9.82. The molecule has 3 aromatic rings. The summed E-state index contributed by atoms with van der Waals surface area (Å²) in [5.74, 6) is -1.66. The molecule has 0 amide bonds. The van der Waals surface area contributed by atoms with Gasteiger partial charge in [0, 0.05) is 12.2 Å². The Hall–Kier alpha value is -3.05. The van der Waals surface area contributed by atoms with Crippen LogP contribution in [-0.4, -0.2) is 19.3 Å². The van der Waals surface area contributed by atoms with Gasteiger partial charge >= 0.3 is 0 Å². The van der Waals surface area contributed by atoms with Crippen LogP contribution in [-0.2, 0) is 4.74 Å². The van der Waals surface area contributed by atoms with E-state index >= 15 is 0 Å². The van der Waals surface area contributed by atoms with Gasteiger partial charge < -0.3 is 9.47 Å². The van der Waals surface area contributed by atoms with Crippen molar-refractivity contribution >= 4 is 12.2 Å². The van der Waals surface area contributed by atoms with Crippen LogP contribution in [0.5, 0.6) is 5.75 Å². The van der Waals surface area contributed by atoms with Gasteiger partial charge in [-0.2, -0.15) is 0 Å². The molecule has 0 aliphatic heterocycles. The van der Waals surface area contributed by atoms with Crippen LogP contribution in [0.25, 0.3) is 23.3 Å². The molecule has 1 fully saturated rings. The maximum Gasteiger partial charge on any atom is 0.166 e. The smallest absolute Gasteiger partial charge is 0.166 e. The molecule has 0 unspecified atom stereocenters. The van der Waals surface area contributed by atoms with E-state index in [1.54, 1.807) is 30.4 Å².